The maximum atomic E-state index is 12.7. The van der Waals surface area contributed by atoms with Crippen molar-refractivity contribution < 1.29 is 14.3 Å². The second-order valence-electron chi connectivity index (χ2n) is 7.08. The molecular formula is C24H21N3O3S. The molecule has 0 spiro atoms. The number of fused-ring (bicyclic) bond motifs is 1. The average molecular weight is 432 g/mol. The van der Waals surface area contributed by atoms with E-state index >= 15 is 0 Å². The van der Waals surface area contributed by atoms with Crippen molar-refractivity contribution in [2.75, 3.05) is 12.4 Å². The normalized spacial score (nSPS) is 10.7. The summed E-state index contributed by atoms with van der Waals surface area (Å²) in [5.74, 6) is -0.734. The van der Waals surface area contributed by atoms with E-state index in [9.17, 15) is 9.59 Å². The van der Waals surface area contributed by atoms with Crippen LogP contribution in [-0.2, 0) is 17.7 Å². The smallest absolute Gasteiger partial charge is 0.337 e. The Morgan fingerprint density at radius 2 is 1.81 bits per heavy atom. The van der Waals surface area contributed by atoms with E-state index in [0.29, 0.717) is 21.6 Å². The first-order chi connectivity index (χ1) is 15.0. The average Bonchev–Trinajstić information content (AvgIpc) is 3.12. The number of ether oxygens (including phenoxy) is 1. The summed E-state index contributed by atoms with van der Waals surface area (Å²) in [6.07, 6.45) is 0.862. The van der Waals surface area contributed by atoms with E-state index in [0.717, 1.165) is 24.0 Å². The van der Waals surface area contributed by atoms with Gasteiger partial charge in [-0.15, -0.1) is 0 Å². The number of nitrogens with one attached hydrogen (secondary N) is 2. The number of nitrogens with zero attached hydrogens (tertiary/aromatic N) is 1. The molecule has 0 saturated carbocycles. The highest BCUT2D eigenvalue weighted by Gasteiger charge is 2.12. The van der Waals surface area contributed by atoms with Gasteiger partial charge in [0, 0.05) is 17.8 Å². The Kier molecular flexibility index (Phi) is 5.95. The van der Waals surface area contributed by atoms with E-state index < -0.39 is 5.97 Å². The highest BCUT2D eigenvalue weighted by molar-refractivity contribution is 7.71. The van der Waals surface area contributed by atoms with E-state index in [2.05, 4.69) is 22.4 Å². The summed E-state index contributed by atoms with van der Waals surface area (Å²) in [5.41, 5.74) is 4.36. The second kappa shape index (κ2) is 8.97. The van der Waals surface area contributed by atoms with Gasteiger partial charge < -0.3 is 19.6 Å². The van der Waals surface area contributed by atoms with Crippen molar-refractivity contribution in [3.63, 3.8) is 0 Å². The zero-order chi connectivity index (χ0) is 21.8. The summed E-state index contributed by atoms with van der Waals surface area (Å²) in [6.45, 7) is 0.745. The molecular weight excluding hydrogens is 410 g/mol. The van der Waals surface area contributed by atoms with Crippen LogP contribution >= 0.6 is 12.2 Å². The van der Waals surface area contributed by atoms with Crippen molar-refractivity contribution in [3.05, 3.63) is 94.3 Å². The van der Waals surface area contributed by atoms with E-state index in [1.807, 2.05) is 28.8 Å². The highest BCUT2D eigenvalue weighted by Crippen LogP contribution is 2.19. The van der Waals surface area contributed by atoms with Gasteiger partial charge >= 0.3 is 5.97 Å². The molecule has 0 fully saturated rings. The second-order valence-corrected chi connectivity index (χ2v) is 7.46. The van der Waals surface area contributed by atoms with Crippen molar-refractivity contribution in [1.82, 2.24) is 9.55 Å². The van der Waals surface area contributed by atoms with Gasteiger partial charge in [-0.2, -0.15) is 0 Å². The zero-order valence-electron chi connectivity index (χ0n) is 16.9. The molecule has 156 valence electrons. The number of esters is 1. The number of anilines is 1. The van der Waals surface area contributed by atoms with Gasteiger partial charge in [0.2, 0.25) is 0 Å². The molecule has 0 atom stereocenters. The van der Waals surface area contributed by atoms with E-state index in [1.54, 1.807) is 36.4 Å². The van der Waals surface area contributed by atoms with Gasteiger partial charge in [-0.1, -0.05) is 36.4 Å². The van der Waals surface area contributed by atoms with Crippen LogP contribution in [0.25, 0.3) is 11.0 Å². The Labute approximate surface area is 184 Å². The monoisotopic (exact) mass is 431 g/mol. The number of carbonyl (C=O) groups is 2. The van der Waals surface area contributed by atoms with Gasteiger partial charge in [-0.3, -0.25) is 4.79 Å². The SMILES string of the molecule is COC(=O)c1cccc(NC(=O)c2ccc3c(c2)[nH]c(=S)n3CCc2ccccc2)c1. The lowest BCUT2D eigenvalue weighted by atomic mass is 10.1. The fourth-order valence-corrected chi connectivity index (χ4v) is 3.76. The van der Waals surface area contributed by atoms with Crippen LogP contribution in [0, 0.1) is 4.77 Å². The molecule has 0 radical (unpaired) electrons. The summed E-state index contributed by atoms with van der Waals surface area (Å²) in [4.78, 5) is 27.6. The molecule has 6 nitrogen and oxygen atoms in total. The first kappa shape index (κ1) is 20.6. The van der Waals surface area contributed by atoms with Gasteiger partial charge in [0.1, 0.15) is 0 Å². The third kappa shape index (κ3) is 4.57. The fourth-order valence-electron chi connectivity index (χ4n) is 3.46. The Morgan fingerprint density at radius 3 is 2.58 bits per heavy atom. The van der Waals surface area contributed by atoms with Crippen LogP contribution in [0.2, 0.25) is 0 Å². The van der Waals surface area contributed by atoms with Crippen LogP contribution in [0.4, 0.5) is 5.69 Å². The van der Waals surface area contributed by atoms with Crippen molar-refractivity contribution in [2.24, 2.45) is 0 Å². The molecule has 1 heterocycles. The van der Waals surface area contributed by atoms with Crippen LogP contribution in [0.5, 0.6) is 0 Å². The zero-order valence-corrected chi connectivity index (χ0v) is 17.7. The lowest BCUT2D eigenvalue weighted by molar-refractivity contribution is 0.0600. The standard InChI is InChI=1S/C24H21N3O3S/c1-30-23(29)18-8-5-9-19(14-18)25-22(28)17-10-11-21-20(15-17)26-24(31)27(21)13-12-16-6-3-2-4-7-16/h2-11,14-15H,12-13H2,1H3,(H,25,28)(H,26,31). The summed E-state index contributed by atoms with van der Waals surface area (Å²) < 4.78 is 7.38. The summed E-state index contributed by atoms with van der Waals surface area (Å²) in [6, 6.07) is 22.3. The molecule has 4 rings (SSSR count). The molecule has 0 saturated heterocycles. The number of methoxy groups -OCH3 is 1. The Hall–Kier alpha value is -3.71. The first-order valence-corrected chi connectivity index (χ1v) is 10.2. The van der Waals surface area contributed by atoms with Crippen LogP contribution < -0.4 is 5.32 Å². The van der Waals surface area contributed by atoms with Gasteiger partial charge in [0.05, 0.1) is 23.7 Å². The predicted molar refractivity (Wildman–Crippen MR) is 123 cm³/mol. The van der Waals surface area contributed by atoms with Crippen LogP contribution in [-0.4, -0.2) is 28.5 Å². The molecule has 7 heteroatoms. The molecule has 2 N–H and O–H groups in total. The van der Waals surface area contributed by atoms with Gasteiger partial charge in [-0.25, -0.2) is 4.79 Å². The molecule has 4 aromatic rings. The minimum Gasteiger partial charge on any atom is -0.465 e. The van der Waals surface area contributed by atoms with Gasteiger partial charge in [-0.05, 0) is 60.6 Å². The predicted octanol–water partition coefficient (Wildman–Crippen LogP) is 4.98. The van der Waals surface area contributed by atoms with Gasteiger partial charge in [0.25, 0.3) is 5.91 Å². The first-order valence-electron chi connectivity index (χ1n) is 9.81. The lowest BCUT2D eigenvalue weighted by Crippen LogP contribution is -2.12. The molecule has 0 unspecified atom stereocenters. The van der Waals surface area contributed by atoms with Crippen molar-refractivity contribution in [2.45, 2.75) is 13.0 Å². The van der Waals surface area contributed by atoms with E-state index in [-0.39, 0.29) is 5.91 Å². The number of benzene rings is 3. The van der Waals surface area contributed by atoms with Crippen LogP contribution in [0.1, 0.15) is 26.3 Å². The van der Waals surface area contributed by atoms with E-state index in [1.165, 1.54) is 12.7 Å². The maximum Gasteiger partial charge on any atom is 0.337 e. The van der Waals surface area contributed by atoms with Crippen molar-refractivity contribution in [1.29, 1.82) is 0 Å². The molecule has 1 aromatic heterocycles. The summed E-state index contributed by atoms with van der Waals surface area (Å²) in [7, 11) is 1.32. The summed E-state index contributed by atoms with van der Waals surface area (Å²) in [5, 5.41) is 2.82. The number of imidazole rings is 1. The molecule has 0 aliphatic rings. The minimum atomic E-state index is -0.457. The molecule has 0 aliphatic carbocycles. The Morgan fingerprint density at radius 1 is 1.00 bits per heavy atom. The van der Waals surface area contributed by atoms with Gasteiger partial charge in [0.15, 0.2) is 4.77 Å². The quantitative estimate of drug-likeness (QED) is 0.333. The third-order valence-electron chi connectivity index (χ3n) is 5.04. The highest BCUT2D eigenvalue weighted by atomic mass is 32.1. The number of hydrogen-bond donors (Lipinski definition) is 2. The number of amides is 1. The number of hydrogen-bond acceptors (Lipinski definition) is 4. The number of rotatable bonds is 6. The number of aromatic amines is 1. The molecule has 3 aromatic carbocycles. The molecule has 1 amide bonds. The Bertz CT molecular complexity index is 1310. The third-order valence-corrected chi connectivity index (χ3v) is 5.37. The summed E-state index contributed by atoms with van der Waals surface area (Å²) >= 11 is 5.50. The fraction of sp³-hybridized carbons (Fsp3) is 0.125. The number of aromatic nitrogens is 2. The molecule has 31 heavy (non-hydrogen) atoms. The van der Waals surface area contributed by atoms with Crippen LogP contribution in [0.15, 0.2) is 72.8 Å². The van der Waals surface area contributed by atoms with Crippen LogP contribution in [0.3, 0.4) is 0 Å². The van der Waals surface area contributed by atoms with E-state index in [4.69, 9.17) is 17.0 Å². The lowest BCUT2D eigenvalue weighted by Gasteiger charge is -2.08. The molecule has 0 bridgehead atoms. The molecule has 0 aliphatic heterocycles. The largest absolute Gasteiger partial charge is 0.465 e. The number of H-pyrrole nitrogens is 1. The minimum absolute atomic E-state index is 0.278. The number of aryl methyl sites for hydroxylation is 2. The van der Waals surface area contributed by atoms with Crippen molar-refractivity contribution in [3.8, 4) is 0 Å². The van der Waals surface area contributed by atoms with Crippen molar-refractivity contribution >= 4 is 40.8 Å². The number of carbonyl (C=O) groups excluding carboxylic acids is 2. The topological polar surface area (TPSA) is 76.1 Å². The maximum absolute atomic E-state index is 12.7. The Balaban J connectivity index is 1.53.